The lowest BCUT2D eigenvalue weighted by atomic mass is 10.1. The Bertz CT molecular complexity index is 283. The summed E-state index contributed by atoms with van der Waals surface area (Å²) in [4.78, 5) is 27.0. The number of urea groups is 1. The van der Waals surface area contributed by atoms with Crippen LogP contribution in [0.25, 0.3) is 0 Å². The number of carbonyl (C=O) groups excluding carboxylic acids is 2. The number of amides is 3. The summed E-state index contributed by atoms with van der Waals surface area (Å²) in [6.07, 6.45) is 1.35. The number of rotatable bonds is 2. The quantitative estimate of drug-likeness (QED) is 0.712. The van der Waals surface area contributed by atoms with Crippen LogP contribution in [0, 0.1) is 0 Å². The standard InChI is InChI=1S/C10H16N2O2S/c1-2-3-12-9(13)6-8-7-15-5-4-11(8)10(12)14/h8H,2-7H2,1H3. The third-order valence-electron chi connectivity index (χ3n) is 2.86. The zero-order chi connectivity index (χ0) is 10.8. The molecular formula is C10H16N2O2S. The van der Waals surface area contributed by atoms with Crippen LogP contribution in [0.3, 0.4) is 0 Å². The summed E-state index contributed by atoms with van der Waals surface area (Å²) >= 11 is 1.83. The van der Waals surface area contributed by atoms with Gasteiger partial charge in [-0.3, -0.25) is 9.69 Å². The van der Waals surface area contributed by atoms with E-state index in [0.29, 0.717) is 13.0 Å². The van der Waals surface area contributed by atoms with Crippen molar-refractivity contribution in [3.8, 4) is 0 Å². The van der Waals surface area contributed by atoms with Crippen molar-refractivity contribution in [3.63, 3.8) is 0 Å². The average molecular weight is 228 g/mol. The third-order valence-corrected chi connectivity index (χ3v) is 3.95. The van der Waals surface area contributed by atoms with Gasteiger partial charge in [-0.15, -0.1) is 0 Å². The van der Waals surface area contributed by atoms with Crippen molar-refractivity contribution < 1.29 is 9.59 Å². The first kappa shape index (κ1) is 10.8. The fraction of sp³-hybridized carbons (Fsp3) is 0.800. The topological polar surface area (TPSA) is 40.6 Å². The lowest BCUT2D eigenvalue weighted by Gasteiger charge is -2.42. The van der Waals surface area contributed by atoms with E-state index in [1.807, 2.05) is 23.6 Å². The molecule has 2 saturated heterocycles. The molecule has 15 heavy (non-hydrogen) atoms. The van der Waals surface area contributed by atoms with Gasteiger partial charge in [0.15, 0.2) is 0 Å². The zero-order valence-corrected chi connectivity index (χ0v) is 9.76. The highest BCUT2D eigenvalue weighted by atomic mass is 32.2. The van der Waals surface area contributed by atoms with Gasteiger partial charge in [0, 0.05) is 31.0 Å². The van der Waals surface area contributed by atoms with Crippen LogP contribution in [-0.2, 0) is 4.79 Å². The van der Waals surface area contributed by atoms with Gasteiger partial charge in [-0.05, 0) is 6.42 Å². The van der Waals surface area contributed by atoms with Crippen LogP contribution in [0.2, 0.25) is 0 Å². The normalized spacial score (nSPS) is 26.9. The van der Waals surface area contributed by atoms with Gasteiger partial charge in [-0.25, -0.2) is 4.79 Å². The van der Waals surface area contributed by atoms with E-state index in [4.69, 9.17) is 0 Å². The van der Waals surface area contributed by atoms with Crippen LogP contribution in [0.5, 0.6) is 0 Å². The summed E-state index contributed by atoms with van der Waals surface area (Å²) in [7, 11) is 0. The Morgan fingerprint density at radius 1 is 1.47 bits per heavy atom. The van der Waals surface area contributed by atoms with Crippen molar-refractivity contribution in [1.82, 2.24) is 9.80 Å². The fourth-order valence-corrected chi connectivity index (χ4v) is 3.16. The lowest BCUT2D eigenvalue weighted by molar-refractivity contribution is -0.132. The van der Waals surface area contributed by atoms with Gasteiger partial charge in [0.25, 0.3) is 0 Å². The molecule has 2 aliphatic heterocycles. The minimum absolute atomic E-state index is 0.00519. The molecule has 2 fully saturated rings. The second-order valence-electron chi connectivity index (χ2n) is 3.95. The van der Waals surface area contributed by atoms with Crippen molar-refractivity contribution in [2.24, 2.45) is 0 Å². The van der Waals surface area contributed by atoms with Crippen molar-refractivity contribution >= 4 is 23.7 Å². The molecule has 0 aliphatic carbocycles. The van der Waals surface area contributed by atoms with E-state index in [0.717, 1.165) is 24.5 Å². The molecule has 0 radical (unpaired) electrons. The maximum absolute atomic E-state index is 12.0. The highest BCUT2D eigenvalue weighted by molar-refractivity contribution is 7.99. The summed E-state index contributed by atoms with van der Waals surface area (Å²) in [5, 5.41) is 0. The average Bonchev–Trinajstić information content (AvgIpc) is 2.24. The van der Waals surface area contributed by atoms with Gasteiger partial charge in [0.1, 0.15) is 0 Å². The Balaban J connectivity index is 2.11. The van der Waals surface area contributed by atoms with Gasteiger partial charge in [0.05, 0.1) is 6.04 Å². The highest BCUT2D eigenvalue weighted by Gasteiger charge is 2.39. The number of carbonyl (C=O) groups is 2. The Morgan fingerprint density at radius 3 is 3.00 bits per heavy atom. The molecule has 2 aliphatic rings. The second-order valence-corrected chi connectivity index (χ2v) is 5.10. The van der Waals surface area contributed by atoms with Gasteiger partial charge >= 0.3 is 6.03 Å². The molecule has 0 aromatic rings. The van der Waals surface area contributed by atoms with E-state index in [9.17, 15) is 9.59 Å². The van der Waals surface area contributed by atoms with E-state index in [1.165, 1.54) is 4.90 Å². The van der Waals surface area contributed by atoms with Crippen molar-refractivity contribution in [2.75, 3.05) is 24.6 Å². The second kappa shape index (κ2) is 4.43. The van der Waals surface area contributed by atoms with Gasteiger partial charge in [-0.1, -0.05) is 6.92 Å². The SMILES string of the molecule is CCCN1C(=O)CC2CSCCN2C1=O. The summed E-state index contributed by atoms with van der Waals surface area (Å²) < 4.78 is 0. The number of imide groups is 1. The maximum atomic E-state index is 12.0. The number of thioether (sulfide) groups is 1. The van der Waals surface area contributed by atoms with E-state index >= 15 is 0 Å². The molecule has 5 heteroatoms. The third kappa shape index (κ3) is 1.97. The fourth-order valence-electron chi connectivity index (χ4n) is 2.09. The highest BCUT2D eigenvalue weighted by Crippen LogP contribution is 2.25. The number of fused-ring (bicyclic) bond motifs is 1. The maximum Gasteiger partial charge on any atom is 0.327 e. The molecule has 0 N–H and O–H groups in total. The first-order valence-electron chi connectivity index (χ1n) is 5.42. The first-order valence-corrected chi connectivity index (χ1v) is 6.58. The molecule has 0 bridgehead atoms. The van der Waals surface area contributed by atoms with Crippen LogP contribution >= 0.6 is 11.8 Å². The summed E-state index contributed by atoms with van der Waals surface area (Å²) in [5.41, 5.74) is 0. The van der Waals surface area contributed by atoms with Gasteiger partial charge < -0.3 is 4.90 Å². The molecule has 1 atom stereocenters. The Labute approximate surface area is 94.0 Å². The largest absolute Gasteiger partial charge is 0.327 e. The Morgan fingerprint density at radius 2 is 2.27 bits per heavy atom. The zero-order valence-electron chi connectivity index (χ0n) is 8.94. The Hall–Kier alpha value is -0.710. The Kier molecular flexibility index (Phi) is 3.19. The molecule has 0 spiro atoms. The predicted molar refractivity (Wildman–Crippen MR) is 59.8 cm³/mol. The van der Waals surface area contributed by atoms with E-state index < -0.39 is 0 Å². The molecule has 0 aromatic heterocycles. The molecule has 4 nitrogen and oxygen atoms in total. The minimum Gasteiger partial charge on any atom is -0.319 e. The molecule has 84 valence electrons. The lowest BCUT2D eigenvalue weighted by Crippen LogP contribution is -2.59. The predicted octanol–water partition coefficient (Wildman–Crippen LogP) is 1.17. The monoisotopic (exact) mass is 228 g/mol. The van der Waals surface area contributed by atoms with E-state index in [-0.39, 0.29) is 18.0 Å². The van der Waals surface area contributed by atoms with E-state index in [1.54, 1.807) is 0 Å². The van der Waals surface area contributed by atoms with Crippen LogP contribution < -0.4 is 0 Å². The summed E-state index contributed by atoms with van der Waals surface area (Å²) in [5.74, 6) is 1.92. The van der Waals surface area contributed by atoms with Crippen LogP contribution in [0.4, 0.5) is 4.79 Å². The smallest absolute Gasteiger partial charge is 0.319 e. The molecule has 3 amide bonds. The molecule has 0 aromatic carbocycles. The number of nitrogens with zero attached hydrogens (tertiary/aromatic N) is 2. The molecule has 2 rings (SSSR count). The number of hydrogen-bond acceptors (Lipinski definition) is 3. The first-order chi connectivity index (χ1) is 7.24. The van der Waals surface area contributed by atoms with Gasteiger partial charge in [-0.2, -0.15) is 11.8 Å². The molecule has 0 saturated carbocycles. The van der Waals surface area contributed by atoms with Crippen molar-refractivity contribution in [3.05, 3.63) is 0 Å². The van der Waals surface area contributed by atoms with Crippen LogP contribution in [-0.4, -0.2) is 52.4 Å². The molecule has 1 unspecified atom stereocenters. The van der Waals surface area contributed by atoms with Crippen molar-refractivity contribution in [2.45, 2.75) is 25.8 Å². The minimum atomic E-state index is -0.0709. The summed E-state index contributed by atoms with van der Waals surface area (Å²) in [6.45, 7) is 3.34. The van der Waals surface area contributed by atoms with Crippen LogP contribution in [0.1, 0.15) is 19.8 Å². The number of hydrogen-bond donors (Lipinski definition) is 0. The summed E-state index contributed by atoms with van der Waals surface area (Å²) in [6, 6.07) is 0.0789. The van der Waals surface area contributed by atoms with Crippen LogP contribution in [0.15, 0.2) is 0 Å². The molecule has 2 heterocycles. The van der Waals surface area contributed by atoms with Crippen molar-refractivity contribution in [1.29, 1.82) is 0 Å². The molecular weight excluding hydrogens is 212 g/mol. The van der Waals surface area contributed by atoms with Gasteiger partial charge in [0.2, 0.25) is 5.91 Å². The van der Waals surface area contributed by atoms with E-state index in [2.05, 4.69) is 0 Å².